The molecule has 1 aromatic carbocycles. The zero-order chi connectivity index (χ0) is 18.0. The van der Waals surface area contributed by atoms with Crippen LogP contribution in [0.2, 0.25) is 5.02 Å². The number of hydrogen-bond donors (Lipinski definition) is 1. The van der Waals surface area contributed by atoms with Gasteiger partial charge in [-0.15, -0.1) is 0 Å². The van der Waals surface area contributed by atoms with Crippen molar-refractivity contribution in [1.29, 1.82) is 0 Å². The fourth-order valence-corrected chi connectivity index (χ4v) is 4.47. The Kier molecular flexibility index (Phi) is 5.50. The molecule has 0 spiro atoms. The number of nitrogens with zero attached hydrogens (tertiary/aromatic N) is 2. The number of aromatic amines is 1. The van der Waals surface area contributed by atoms with Crippen molar-refractivity contribution in [3.05, 3.63) is 70.1 Å². The van der Waals surface area contributed by atoms with Gasteiger partial charge in [0, 0.05) is 34.5 Å². The number of aryl methyl sites for hydroxylation is 2. The first-order chi connectivity index (χ1) is 12.0. The molecule has 5 heteroatoms. The SMILES string of the molecule is Cc1cccc(Sc2n[nH]c(C)c2C(c2ccncc2Cl)C(C)C)c1. The van der Waals surface area contributed by atoms with E-state index in [2.05, 4.69) is 67.1 Å². The summed E-state index contributed by atoms with van der Waals surface area (Å²) in [4.78, 5) is 5.32. The lowest BCUT2D eigenvalue weighted by atomic mass is 9.83. The minimum absolute atomic E-state index is 0.168. The van der Waals surface area contributed by atoms with Crippen molar-refractivity contribution in [3.8, 4) is 0 Å². The van der Waals surface area contributed by atoms with Crippen LogP contribution in [0.25, 0.3) is 0 Å². The summed E-state index contributed by atoms with van der Waals surface area (Å²) in [6.07, 6.45) is 3.52. The van der Waals surface area contributed by atoms with Gasteiger partial charge in [0.1, 0.15) is 5.03 Å². The summed E-state index contributed by atoms with van der Waals surface area (Å²) in [6, 6.07) is 10.5. The van der Waals surface area contributed by atoms with Crippen molar-refractivity contribution in [1.82, 2.24) is 15.2 Å². The minimum Gasteiger partial charge on any atom is -0.281 e. The average Bonchev–Trinajstić information content (AvgIpc) is 2.90. The molecule has 3 aromatic rings. The summed E-state index contributed by atoms with van der Waals surface area (Å²) in [5, 5.41) is 9.46. The molecule has 0 fully saturated rings. The molecule has 0 aliphatic heterocycles. The molecule has 2 heterocycles. The molecule has 0 saturated carbocycles. The first kappa shape index (κ1) is 18.0. The molecule has 0 aliphatic rings. The van der Waals surface area contributed by atoms with E-state index in [9.17, 15) is 0 Å². The summed E-state index contributed by atoms with van der Waals surface area (Å²) in [5.41, 5.74) is 4.65. The van der Waals surface area contributed by atoms with Crippen molar-refractivity contribution in [3.63, 3.8) is 0 Å². The summed E-state index contributed by atoms with van der Waals surface area (Å²) in [5.74, 6) is 0.551. The molecule has 1 N–H and O–H groups in total. The molecular formula is C20H22ClN3S. The van der Waals surface area contributed by atoms with Crippen LogP contribution in [-0.2, 0) is 0 Å². The van der Waals surface area contributed by atoms with Gasteiger partial charge in [0.2, 0.25) is 0 Å². The summed E-state index contributed by atoms with van der Waals surface area (Å²) < 4.78 is 0. The van der Waals surface area contributed by atoms with Gasteiger partial charge in [0.25, 0.3) is 0 Å². The van der Waals surface area contributed by atoms with Crippen LogP contribution in [0.3, 0.4) is 0 Å². The number of nitrogens with one attached hydrogen (secondary N) is 1. The average molecular weight is 372 g/mol. The summed E-state index contributed by atoms with van der Waals surface area (Å²) in [7, 11) is 0. The normalized spacial score (nSPS) is 12.6. The zero-order valence-electron chi connectivity index (χ0n) is 14.9. The minimum atomic E-state index is 0.168. The highest BCUT2D eigenvalue weighted by molar-refractivity contribution is 7.99. The van der Waals surface area contributed by atoms with Crippen molar-refractivity contribution in [2.75, 3.05) is 0 Å². The van der Waals surface area contributed by atoms with Crippen LogP contribution in [0.5, 0.6) is 0 Å². The van der Waals surface area contributed by atoms with E-state index in [-0.39, 0.29) is 5.92 Å². The first-order valence-corrected chi connectivity index (χ1v) is 9.55. The van der Waals surface area contributed by atoms with E-state index in [0.29, 0.717) is 10.9 Å². The Balaban J connectivity index is 2.06. The van der Waals surface area contributed by atoms with E-state index in [0.717, 1.165) is 16.3 Å². The third-order valence-electron chi connectivity index (χ3n) is 4.28. The van der Waals surface area contributed by atoms with Crippen LogP contribution in [0.4, 0.5) is 0 Å². The maximum absolute atomic E-state index is 6.47. The zero-order valence-corrected chi connectivity index (χ0v) is 16.4. The Morgan fingerprint density at radius 2 is 1.96 bits per heavy atom. The maximum atomic E-state index is 6.47. The van der Waals surface area contributed by atoms with Crippen LogP contribution in [-0.4, -0.2) is 15.2 Å². The van der Waals surface area contributed by atoms with E-state index >= 15 is 0 Å². The van der Waals surface area contributed by atoms with Crippen LogP contribution in [0.1, 0.15) is 42.1 Å². The van der Waals surface area contributed by atoms with E-state index in [1.54, 1.807) is 24.2 Å². The second-order valence-electron chi connectivity index (χ2n) is 6.60. The largest absolute Gasteiger partial charge is 0.281 e. The van der Waals surface area contributed by atoms with Crippen molar-refractivity contribution < 1.29 is 0 Å². The van der Waals surface area contributed by atoms with Gasteiger partial charge in [0.15, 0.2) is 0 Å². The topological polar surface area (TPSA) is 41.6 Å². The number of pyridine rings is 1. The van der Waals surface area contributed by atoms with Crippen LogP contribution < -0.4 is 0 Å². The van der Waals surface area contributed by atoms with Gasteiger partial charge >= 0.3 is 0 Å². The second-order valence-corrected chi connectivity index (χ2v) is 8.07. The first-order valence-electron chi connectivity index (χ1n) is 8.36. The predicted molar refractivity (Wildman–Crippen MR) is 105 cm³/mol. The van der Waals surface area contributed by atoms with E-state index in [1.165, 1.54) is 16.0 Å². The Hall–Kier alpha value is -1.78. The summed E-state index contributed by atoms with van der Waals surface area (Å²) >= 11 is 8.16. The van der Waals surface area contributed by atoms with Crippen LogP contribution in [0.15, 0.2) is 52.6 Å². The highest BCUT2D eigenvalue weighted by Gasteiger charge is 2.27. The highest BCUT2D eigenvalue weighted by Crippen LogP contribution is 2.42. The van der Waals surface area contributed by atoms with Gasteiger partial charge in [0.05, 0.1) is 5.02 Å². The molecule has 0 radical (unpaired) electrons. The van der Waals surface area contributed by atoms with Gasteiger partial charge in [-0.1, -0.05) is 54.9 Å². The third-order valence-corrected chi connectivity index (χ3v) is 5.59. The monoisotopic (exact) mass is 371 g/mol. The quantitative estimate of drug-likeness (QED) is 0.596. The lowest BCUT2D eigenvalue weighted by Gasteiger charge is -2.23. The number of H-pyrrole nitrogens is 1. The Labute approximate surface area is 158 Å². The summed E-state index contributed by atoms with van der Waals surface area (Å²) in [6.45, 7) is 8.62. The lowest BCUT2D eigenvalue weighted by Crippen LogP contribution is -2.11. The number of benzene rings is 1. The fourth-order valence-electron chi connectivity index (χ4n) is 3.14. The number of rotatable bonds is 5. The number of aromatic nitrogens is 3. The van der Waals surface area contributed by atoms with Gasteiger partial charge in [-0.3, -0.25) is 10.1 Å². The molecule has 25 heavy (non-hydrogen) atoms. The molecule has 1 unspecified atom stereocenters. The molecule has 130 valence electrons. The number of halogens is 1. The Morgan fingerprint density at radius 3 is 2.64 bits per heavy atom. The molecule has 0 bridgehead atoms. The second kappa shape index (κ2) is 7.63. The number of hydrogen-bond acceptors (Lipinski definition) is 3. The molecule has 0 amide bonds. The van der Waals surface area contributed by atoms with Gasteiger partial charge < -0.3 is 0 Å². The van der Waals surface area contributed by atoms with E-state index in [4.69, 9.17) is 11.6 Å². The predicted octanol–water partition coefficient (Wildman–Crippen LogP) is 6.01. The maximum Gasteiger partial charge on any atom is 0.127 e. The molecule has 3 nitrogen and oxygen atoms in total. The smallest absolute Gasteiger partial charge is 0.127 e. The standard InChI is InChI=1S/C20H22ClN3S/c1-12(2)18(16-8-9-22-11-17(16)21)19-14(4)23-24-20(19)25-15-7-5-6-13(3)10-15/h5-12,18H,1-4H3,(H,23,24). The molecule has 3 rings (SSSR count). The lowest BCUT2D eigenvalue weighted by molar-refractivity contribution is 0.554. The highest BCUT2D eigenvalue weighted by atomic mass is 35.5. The van der Waals surface area contributed by atoms with Crippen molar-refractivity contribution in [2.24, 2.45) is 5.92 Å². The van der Waals surface area contributed by atoms with Crippen LogP contribution >= 0.6 is 23.4 Å². The van der Waals surface area contributed by atoms with Gasteiger partial charge in [-0.25, -0.2) is 0 Å². The Morgan fingerprint density at radius 1 is 1.16 bits per heavy atom. The fraction of sp³-hybridized carbons (Fsp3) is 0.300. The van der Waals surface area contributed by atoms with Crippen LogP contribution in [0, 0.1) is 19.8 Å². The molecule has 0 aliphatic carbocycles. The van der Waals surface area contributed by atoms with Crippen molar-refractivity contribution >= 4 is 23.4 Å². The van der Waals surface area contributed by atoms with E-state index < -0.39 is 0 Å². The third kappa shape index (κ3) is 3.91. The Bertz CT molecular complexity index is 873. The molecule has 2 aromatic heterocycles. The van der Waals surface area contributed by atoms with Gasteiger partial charge in [-0.05, 0) is 43.5 Å². The molecular weight excluding hydrogens is 350 g/mol. The van der Waals surface area contributed by atoms with Crippen molar-refractivity contribution in [2.45, 2.75) is 43.5 Å². The van der Waals surface area contributed by atoms with E-state index in [1.807, 2.05) is 6.07 Å². The van der Waals surface area contributed by atoms with Gasteiger partial charge in [-0.2, -0.15) is 5.10 Å². The molecule has 0 saturated heterocycles. The molecule has 1 atom stereocenters.